The fourth-order valence-electron chi connectivity index (χ4n) is 1.09. The Morgan fingerprint density at radius 1 is 1.50 bits per heavy atom. The summed E-state index contributed by atoms with van der Waals surface area (Å²) < 4.78 is 4.84. The molecule has 0 saturated carbocycles. The predicted octanol–water partition coefficient (Wildman–Crippen LogP) is -0.343. The lowest BCUT2D eigenvalue weighted by molar-refractivity contribution is -0.140. The number of nitrogens with one attached hydrogen (secondary N) is 2. The quantitative estimate of drug-likeness (QED) is 0.571. The number of amides is 2. The number of hydrogen-bond acceptors (Lipinski definition) is 5. The molecule has 2 amide bonds. The Hall–Kier alpha value is -2.35. The summed E-state index contributed by atoms with van der Waals surface area (Å²) in [5.41, 5.74) is 0.371. The molecular formula is C10H13N3O5. The number of aliphatic carboxylic acids is 1. The number of pyridine rings is 1. The number of carboxylic acids is 1. The van der Waals surface area contributed by atoms with Crippen LogP contribution in [0.25, 0.3) is 0 Å². The van der Waals surface area contributed by atoms with E-state index in [0.717, 1.165) is 0 Å². The molecule has 0 spiro atoms. The van der Waals surface area contributed by atoms with E-state index < -0.39 is 24.6 Å². The molecule has 8 heteroatoms. The molecule has 18 heavy (non-hydrogen) atoms. The number of aliphatic hydroxyl groups excluding tert-OH is 1. The average molecular weight is 255 g/mol. The molecule has 0 aliphatic heterocycles. The Bertz CT molecular complexity index is 420. The summed E-state index contributed by atoms with van der Waals surface area (Å²) in [5.74, 6) is -0.930. The van der Waals surface area contributed by atoms with Gasteiger partial charge in [-0.2, -0.15) is 0 Å². The van der Waals surface area contributed by atoms with Gasteiger partial charge in [-0.3, -0.25) is 0 Å². The summed E-state index contributed by atoms with van der Waals surface area (Å²) in [5, 5.41) is 21.8. The molecule has 8 nitrogen and oxygen atoms in total. The van der Waals surface area contributed by atoms with E-state index in [2.05, 4.69) is 15.6 Å². The second-order valence-electron chi connectivity index (χ2n) is 3.26. The van der Waals surface area contributed by atoms with Crippen molar-refractivity contribution < 1.29 is 24.5 Å². The normalized spacial score (nSPS) is 11.4. The van der Waals surface area contributed by atoms with Crippen LogP contribution in [0.2, 0.25) is 0 Å². The molecule has 0 fully saturated rings. The zero-order valence-corrected chi connectivity index (χ0v) is 9.58. The summed E-state index contributed by atoms with van der Waals surface area (Å²) in [7, 11) is 1.46. The fraction of sp³-hybridized carbons (Fsp3) is 0.300. The van der Waals surface area contributed by atoms with Gasteiger partial charge in [-0.15, -0.1) is 0 Å². The molecule has 0 radical (unpaired) electrons. The van der Waals surface area contributed by atoms with Crippen LogP contribution in [-0.4, -0.2) is 47.0 Å². The molecule has 1 atom stereocenters. The predicted molar refractivity (Wildman–Crippen MR) is 61.5 cm³/mol. The minimum atomic E-state index is -1.35. The molecule has 1 rings (SSSR count). The Morgan fingerprint density at radius 3 is 2.67 bits per heavy atom. The van der Waals surface area contributed by atoms with Gasteiger partial charge in [-0.25, -0.2) is 14.6 Å². The van der Waals surface area contributed by atoms with Crippen molar-refractivity contribution in [2.24, 2.45) is 0 Å². The molecule has 1 heterocycles. The molecular weight excluding hydrogens is 242 g/mol. The Kier molecular flexibility index (Phi) is 4.88. The highest BCUT2D eigenvalue weighted by Gasteiger charge is 2.18. The van der Waals surface area contributed by atoms with Crippen molar-refractivity contribution in [3.05, 3.63) is 18.3 Å². The van der Waals surface area contributed by atoms with Crippen LogP contribution in [0, 0.1) is 0 Å². The summed E-state index contributed by atoms with van der Waals surface area (Å²) in [4.78, 5) is 25.8. The second-order valence-corrected chi connectivity index (χ2v) is 3.26. The van der Waals surface area contributed by atoms with Crippen LogP contribution in [0.1, 0.15) is 0 Å². The monoisotopic (exact) mass is 255 g/mol. The number of nitrogens with zero attached hydrogens (tertiary/aromatic N) is 1. The minimum Gasteiger partial charge on any atom is -0.481 e. The van der Waals surface area contributed by atoms with E-state index in [4.69, 9.17) is 14.9 Å². The van der Waals surface area contributed by atoms with E-state index in [1.807, 2.05) is 0 Å². The standard InChI is InChI=1S/C10H13N3O5/c1-18-8-3-2-6(4-11-8)12-10(17)13-7(5-14)9(15)16/h2-4,7,14H,5H2,1H3,(H,15,16)(H2,12,13,17)/t7-/m1/s1. The lowest BCUT2D eigenvalue weighted by Crippen LogP contribution is -2.45. The third-order valence-corrected chi connectivity index (χ3v) is 1.99. The first-order valence-corrected chi connectivity index (χ1v) is 4.98. The van der Waals surface area contributed by atoms with Crippen LogP contribution in [0.3, 0.4) is 0 Å². The lowest BCUT2D eigenvalue weighted by Gasteiger charge is -2.12. The number of rotatable bonds is 5. The number of anilines is 1. The van der Waals surface area contributed by atoms with Crippen molar-refractivity contribution in [2.45, 2.75) is 6.04 Å². The highest BCUT2D eigenvalue weighted by molar-refractivity contribution is 5.92. The molecule has 1 aromatic heterocycles. The second kappa shape index (κ2) is 6.40. The summed E-state index contributed by atoms with van der Waals surface area (Å²) in [6, 6.07) is 0.982. The van der Waals surface area contributed by atoms with Gasteiger partial charge in [0, 0.05) is 6.07 Å². The van der Waals surface area contributed by atoms with Gasteiger partial charge < -0.3 is 25.6 Å². The van der Waals surface area contributed by atoms with Crippen molar-refractivity contribution in [3.63, 3.8) is 0 Å². The molecule has 0 unspecified atom stereocenters. The fourth-order valence-corrected chi connectivity index (χ4v) is 1.09. The molecule has 0 aliphatic rings. The van der Waals surface area contributed by atoms with E-state index in [-0.39, 0.29) is 0 Å². The maximum Gasteiger partial charge on any atom is 0.328 e. The third-order valence-electron chi connectivity index (χ3n) is 1.99. The molecule has 0 aromatic carbocycles. The van der Waals surface area contributed by atoms with E-state index in [1.54, 1.807) is 6.07 Å². The Balaban J connectivity index is 2.55. The van der Waals surface area contributed by atoms with Gasteiger partial charge in [0.2, 0.25) is 5.88 Å². The Labute approximate surface area is 103 Å². The van der Waals surface area contributed by atoms with Crippen LogP contribution in [0.15, 0.2) is 18.3 Å². The SMILES string of the molecule is COc1ccc(NC(=O)N[C@H](CO)C(=O)O)cn1. The van der Waals surface area contributed by atoms with Crippen molar-refractivity contribution in [1.29, 1.82) is 0 Å². The number of carbonyl (C=O) groups excluding carboxylic acids is 1. The zero-order valence-electron chi connectivity index (χ0n) is 9.58. The van der Waals surface area contributed by atoms with Crippen LogP contribution >= 0.6 is 0 Å². The van der Waals surface area contributed by atoms with Crippen LogP contribution in [0.4, 0.5) is 10.5 Å². The van der Waals surface area contributed by atoms with E-state index in [0.29, 0.717) is 11.6 Å². The first-order chi connectivity index (χ1) is 8.56. The first-order valence-electron chi connectivity index (χ1n) is 4.98. The van der Waals surface area contributed by atoms with Crippen molar-refractivity contribution in [3.8, 4) is 5.88 Å². The molecule has 0 aliphatic carbocycles. The van der Waals surface area contributed by atoms with Crippen molar-refractivity contribution in [1.82, 2.24) is 10.3 Å². The number of hydrogen-bond donors (Lipinski definition) is 4. The Morgan fingerprint density at radius 2 is 2.22 bits per heavy atom. The number of methoxy groups -OCH3 is 1. The van der Waals surface area contributed by atoms with Crippen LogP contribution in [0.5, 0.6) is 5.88 Å². The first kappa shape index (κ1) is 13.7. The number of aromatic nitrogens is 1. The van der Waals surface area contributed by atoms with E-state index >= 15 is 0 Å². The highest BCUT2D eigenvalue weighted by atomic mass is 16.5. The van der Waals surface area contributed by atoms with Gasteiger partial charge in [0.05, 0.1) is 25.6 Å². The molecule has 98 valence electrons. The largest absolute Gasteiger partial charge is 0.481 e. The smallest absolute Gasteiger partial charge is 0.328 e. The van der Waals surface area contributed by atoms with Crippen molar-refractivity contribution >= 4 is 17.7 Å². The van der Waals surface area contributed by atoms with Gasteiger partial charge in [-0.1, -0.05) is 0 Å². The summed E-state index contributed by atoms with van der Waals surface area (Å²) in [6.07, 6.45) is 1.35. The lowest BCUT2D eigenvalue weighted by atomic mass is 10.3. The van der Waals surface area contributed by atoms with Gasteiger partial charge in [0.1, 0.15) is 0 Å². The minimum absolute atomic E-state index is 0.371. The van der Waals surface area contributed by atoms with Crippen molar-refractivity contribution in [2.75, 3.05) is 19.0 Å². The number of aliphatic hydroxyl groups is 1. The van der Waals surface area contributed by atoms with Gasteiger partial charge >= 0.3 is 12.0 Å². The number of carboxylic acid groups (broad SMARTS) is 1. The number of urea groups is 1. The van der Waals surface area contributed by atoms with Gasteiger partial charge in [0.15, 0.2) is 6.04 Å². The summed E-state index contributed by atoms with van der Waals surface area (Å²) >= 11 is 0. The third kappa shape index (κ3) is 3.91. The van der Waals surface area contributed by atoms with Crippen LogP contribution < -0.4 is 15.4 Å². The van der Waals surface area contributed by atoms with Gasteiger partial charge in [-0.05, 0) is 6.07 Å². The van der Waals surface area contributed by atoms with E-state index in [1.165, 1.54) is 19.4 Å². The van der Waals surface area contributed by atoms with Crippen LogP contribution in [-0.2, 0) is 4.79 Å². The highest BCUT2D eigenvalue weighted by Crippen LogP contribution is 2.10. The number of ether oxygens (including phenoxy) is 1. The summed E-state index contributed by atoms with van der Waals surface area (Å²) in [6.45, 7) is -0.691. The molecule has 4 N–H and O–H groups in total. The zero-order chi connectivity index (χ0) is 13.5. The maximum atomic E-state index is 11.4. The maximum absolute atomic E-state index is 11.4. The molecule has 0 saturated heterocycles. The van der Waals surface area contributed by atoms with Gasteiger partial charge in [0.25, 0.3) is 0 Å². The topological polar surface area (TPSA) is 121 Å². The van der Waals surface area contributed by atoms with E-state index in [9.17, 15) is 9.59 Å². The average Bonchev–Trinajstić information content (AvgIpc) is 2.36. The number of carbonyl (C=O) groups is 2. The molecule has 1 aromatic rings. The molecule has 0 bridgehead atoms.